The van der Waals surface area contributed by atoms with E-state index in [0.717, 1.165) is 25.9 Å². The Morgan fingerprint density at radius 1 is 1.16 bits per heavy atom. The Morgan fingerprint density at radius 2 is 1.74 bits per heavy atom. The van der Waals surface area contributed by atoms with Crippen molar-refractivity contribution in [2.45, 2.75) is 32.0 Å². The second kappa shape index (κ2) is 4.63. The molecule has 2 bridgehead atoms. The highest BCUT2D eigenvalue weighted by molar-refractivity contribution is 5.87. The number of amides is 1. The molecule has 2 saturated heterocycles. The zero-order valence-corrected chi connectivity index (χ0v) is 11.0. The minimum absolute atomic E-state index is 0.0452. The molecule has 3 aliphatic heterocycles. The summed E-state index contributed by atoms with van der Waals surface area (Å²) in [5.41, 5.74) is 0. The van der Waals surface area contributed by atoms with Crippen LogP contribution in [0.4, 0.5) is 0 Å². The molecule has 3 aliphatic rings. The maximum absolute atomic E-state index is 12.6. The third kappa shape index (κ3) is 2.06. The van der Waals surface area contributed by atoms with E-state index in [-0.39, 0.29) is 12.0 Å². The Hall–Kier alpha value is -1.36. The van der Waals surface area contributed by atoms with E-state index in [1.165, 1.54) is 0 Å². The number of carboxylic acid groups (broad SMARTS) is 1. The fourth-order valence-corrected chi connectivity index (χ4v) is 3.34. The van der Waals surface area contributed by atoms with E-state index < -0.39 is 23.9 Å². The van der Waals surface area contributed by atoms with Gasteiger partial charge in [0.15, 0.2) is 0 Å². The van der Waals surface area contributed by atoms with Gasteiger partial charge in [-0.25, -0.2) is 0 Å². The minimum Gasteiger partial charge on any atom is -0.481 e. The number of piperidine rings is 1. The largest absolute Gasteiger partial charge is 0.481 e. The Balaban J connectivity index is 1.75. The second-order valence-corrected chi connectivity index (χ2v) is 5.85. The molecule has 5 heteroatoms. The highest BCUT2D eigenvalue weighted by Gasteiger charge is 2.54. The van der Waals surface area contributed by atoms with Crippen LogP contribution < -0.4 is 0 Å². The van der Waals surface area contributed by atoms with Gasteiger partial charge in [-0.2, -0.15) is 0 Å². The fraction of sp³-hybridized carbons (Fsp3) is 0.714. The Bertz CT molecular complexity index is 425. The number of hydrogen-bond acceptors (Lipinski definition) is 3. The molecule has 104 valence electrons. The van der Waals surface area contributed by atoms with Gasteiger partial charge in [-0.05, 0) is 18.8 Å². The average Bonchev–Trinajstić information content (AvgIpc) is 2.98. The van der Waals surface area contributed by atoms with Crippen LogP contribution in [0.15, 0.2) is 12.2 Å². The zero-order chi connectivity index (χ0) is 13.6. The van der Waals surface area contributed by atoms with Gasteiger partial charge in [-0.1, -0.05) is 19.1 Å². The molecule has 0 aromatic heterocycles. The van der Waals surface area contributed by atoms with E-state index >= 15 is 0 Å². The van der Waals surface area contributed by atoms with Crippen molar-refractivity contribution in [2.24, 2.45) is 17.8 Å². The van der Waals surface area contributed by atoms with Gasteiger partial charge < -0.3 is 14.7 Å². The van der Waals surface area contributed by atoms with E-state index in [4.69, 9.17) is 4.74 Å². The maximum atomic E-state index is 12.6. The summed E-state index contributed by atoms with van der Waals surface area (Å²) in [6.45, 7) is 3.67. The average molecular weight is 265 g/mol. The van der Waals surface area contributed by atoms with Crippen molar-refractivity contribution in [3.63, 3.8) is 0 Å². The van der Waals surface area contributed by atoms with Crippen molar-refractivity contribution in [1.29, 1.82) is 0 Å². The third-order valence-corrected chi connectivity index (χ3v) is 4.57. The molecule has 19 heavy (non-hydrogen) atoms. The highest BCUT2D eigenvalue weighted by Crippen LogP contribution is 2.40. The number of hydrogen-bond donors (Lipinski definition) is 1. The molecule has 0 unspecified atom stereocenters. The van der Waals surface area contributed by atoms with Gasteiger partial charge in [0.25, 0.3) is 0 Å². The van der Waals surface area contributed by atoms with E-state index in [2.05, 4.69) is 6.92 Å². The molecular formula is C14H19NO4. The van der Waals surface area contributed by atoms with Gasteiger partial charge in [-0.15, -0.1) is 0 Å². The standard InChI is InChI=1S/C14H19NO4/c1-8-4-6-15(7-5-8)13(16)11-9-2-3-10(19-9)12(11)14(17)18/h2-3,8-12H,4-7H2,1H3,(H,17,18)/t9-,10+,11+,12+/m1/s1. The van der Waals surface area contributed by atoms with Gasteiger partial charge >= 0.3 is 5.97 Å². The van der Waals surface area contributed by atoms with Crippen LogP contribution in [0.2, 0.25) is 0 Å². The summed E-state index contributed by atoms with van der Waals surface area (Å²) < 4.78 is 5.55. The molecule has 0 aromatic carbocycles. The summed E-state index contributed by atoms with van der Waals surface area (Å²) >= 11 is 0. The summed E-state index contributed by atoms with van der Waals surface area (Å²) in [7, 11) is 0. The monoisotopic (exact) mass is 265 g/mol. The van der Waals surface area contributed by atoms with E-state index in [1.807, 2.05) is 11.0 Å². The second-order valence-electron chi connectivity index (χ2n) is 5.85. The predicted octanol–water partition coefficient (Wildman–Crippen LogP) is 0.899. The summed E-state index contributed by atoms with van der Waals surface area (Å²) in [5.74, 6) is -1.59. The molecule has 5 nitrogen and oxygen atoms in total. The smallest absolute Gasteiger partial charge is 0.310 e. The van der Waals surface area contributed by atoms with Gasteiger partial charge in [0.05, 0.1) is 18.1 Å². The van der Waals surface area contributed by atoms with Crippen molar-refractivity contribution in [1.82, 2.24) is 4.90 Å². The summed E-state index contributed by atoms with van der Waals surface area (Å²) in [6, 6.07) is 0. The topological polar surface area (TPSA) is 66.8 Å². The number of aliphatic carboxylic acids is 1. The van der Waals surface area contributed by atoms with Crippen LogP contribution in [0, 0.1) is 17.8 Å². The first kappa shape index (κ1) is 12.7. The Kier molecular flexibility index (Phi) is 3.09. The van der Waals surface area contributed by atoms with Crippen LogP contribution in [-0.4, -0.2) is 47.2 Å². The first-order valence-electron chi connectivity index (χ1n) is 6.93. The van der Waals surface area contributed by atoms with Crippen LogP contribution >= 0.6 is 0 Å². The number of carbonyl (C=O) groups excluding carboxylic acids is 1. The van der Waals surface area contributed by atoms with Crippen LogP contribution in [0.1, 0.15) is 19.8 Å². The van der Waals surface area contributed by atoms with Crippen molar-refractivity contribution < 1.29 is 19.4 Å². The number of carboxylic acids is 1. The van der Waals surface area contributed by atoms with Crippen molar-refractivity contribution in [2.75, 3.05) is 13.1 Å². The lowest BCUT2D eigenvalue weighted by molar-refractivity contribution is -0.150. The molecule has 1 amide bonds. The first-order chi connectivity index (χ1) is 9.08. The van der Waals surface area contributed by atoms with E-state index in [1.54, 1.807) is 6.08 Å². The van der Waals surface area contributed by atoms with E-state index in [9.17, 15) is 14.7 Å². The predicted molar refractivity (Wildman–Crippen MR) is 67.4 cm³/mol. The summed E-state index contributed by atoms with van der Waals surface area (Å²) in [4.78, 5) is 25.7. The number of fused-ring (bicyclic) bond motifs is 2. The summed E-state index contributed by atoms with van der Waals surface area (Å²) in [5, 5.41) is 9.31. The molecule has 3 rings (SSSR count). The van der Waals surface area contributed by atoms with Gasteiger partial charge in [0.2, 0.25) is 5.91 Å². The SMILES string of the molecule is CC1CCN(C(=O)[C@@H]2[C@@H](C(=O)O)[C@@H]3C=C[C@H]2O3)CC1. The van der Waals surface area contributed by atoms with Gasteiger partial charge in [-0.3, -0.25) is 9.59 Å². The molecule has 1 N–H and O–H groups in total. The molecule has 0 saturated carbocycles. The van der Waals surface area contributed by atoms with Crippen LogP contribution in [0.3, 0.4) is 0 Å². The lowest BCUT2D eigenvalue weighted by Gasteiger charge is -2.34. The molecule has 2 fully saturated rings. The third-order valence-electron chi connectivity index (χ3n) is 4.57. The fourth-order valence-electron chi connectivity index (χ4n) is 3.34. The highest BCUT2D eigenvalue weighted by atomic mass is 16.5. The number of carbonyl (C=O) groups is 2. The Morgan fingerprint density at radius 3 is 2.32 bits per heavy atom. The molecule has 0 aliphatic carbocycles. The van der Waals surface area contributed by atoms with Gasteiger partial charge in [0.1, 0.15) is 5.92 Å². The molecule has 3 heterocycles. The summed E-state index contributed by atoms with van der Waals surface area (Å²) in [6.07, 6.45) is 4.82. The number of nitrogens with zero attached hydrogens (tertiary/aromatic N) is 1. The molecule has 0 aromatic rings. The number of likely N-dealkylation sites (tertiary alicyclic amines) is 1. The lowest BCUT2D eigenvalue weighted by atomic mass is 9.81. The van der Waals surface area contributed by atoms with Crippen molar-refractivity contribution >= 4 is 11.9 Å². The zero-order valence-electron chi connectivity index (χ0n) is 11.0. The molecule has 0 spiro atoms. The van der Waals surface area contributed by atoms with Crippen molar-refractivity contribution in [3.8, 4) is 0 Å². The van der Waals surface area contributed by atoms with E-state index in [0.29, 0.717) is 5.92 Å². The number of rotatable bonds is 2. The molecule has 0 radical (unpaired) electrons. The number of ether oxygens (including phenoxy) is 1. The van der Waals surface area contributed by atoms with Gasteiger partial charge in [0, 0.05) is 13.1 Å². The normalized spacial score (nSPS) is 37.8. The van der Waals surface area contributed by atoms with Crippen LogP contribution in [-0.2, 0) is 14.3 Å². The van der Waals surface area contributed by atoms with Crippen LogP contribution in [0.25, 0.3) is 0 Å². The quantitative estimate of drug-likeness (QED) is 0.753. The molecular weight excluding hydrogens is 246 g/mol. The molecule has 4 atom stereocenters. The Labute approximate surface area is 112 Å². The van der Waals surface area contributed by atoms with Crippen LogP contribution in [0.5, 0.6) is 0 Å². The van der Waals surface area contributed by atoms with Crippen molar-refractivity contribution in [3.05, 3.63) is 12.2 Å². The maximum Gasteiger partial charge on any atom is 0.310 e. The lowest BCUT2D eigenvalue weighted by Crippen LogP contribution is -2.47. The minimum atomic E-state index is -0.930. The first-order valence-corrected chi connectivity index (χ1v) is 6.93.